The van der Waals surface area contributed by atoms with E-state index in [9.17, 15) is 4.79 Å². The van der Waals surface area contributed by atoms with Gasteiger partial charge in [0.25, 0.3) is 0 Å². The van der Waals surface area contributed by atoms with Crippen LogP contribution in [-0.4, -0.2) is 22.4 Å². The van der Waals surface area contributed by atoms with Crippen LogP contribution in [0.4, 0.5) is 5.69 Å². The maximum Gasteiger partial charge on any atom is 0.333 e. The zero-order valence-electron chi connectivity index (χ0n) is 11.6. The van der Waals surface area contributed by atoms with Gasteiger partial charge in [-0.25, -0.2) is 4.79 Å². The van der Waals surface area contributed by atoms with E-state index in [0.29, 0.717) is 11.6 Å². The van der Waals surface area contributed by atoms with Gasteiger partial charge in [0, 0.05) is 29.0 Å². The maximum absolute atomic E-state index is 12.1. The van der Waals surface area contributed by atoms with E-state index in [0.717, 1.165) is 15.7 Å². The molecule has 0 fully saturated rings. The fourth-order valence-corrected chi connectivity index (χ4v) is 2.34. The van der Waals surface area contributed by atoms with E-state index in [4.69, 9.17) is 16.3 Å². The molecule has 112 valence electrons. The smallest absolute Gasteiger partial charge is 0.333 e. The highest BCUT2D eigenvalue weighted by Crippen LogP contribution is 2.28. The highest BCUT2D eigenvalue weighted by Gasteiger charge is 2.23. The summed E-state index contributed by atoms with van der Waals surface area (Å²) in [6, 6.07) is 4.74. The van der Waals surface area contributed by atoms with Crippen LogP contribution in [0.1, 0.15) is 18.5 Å². The summed E-state index contributed by atoms with van der Waals surface area (Å²) in [7, 11) is 1.80. The second kappa shape index (κ2) is 6.95. The molecule has 0 aliphatic rings. The van der Waals surface area contributed by atoms with Gasteiger partial charge in [-0.05, 0) is 41.1 Å². The molecule has 1 unspecified atom stereocenters. The van der Waals surface area contributed by atoms with Gasteiger partial charge in [0.05, 0.1) is 17.8 Å². The molecule has 0 saturated heterocycles. The third kappa shape index (κ3) is 3.98. The van der Waals surface area contributed by atoms with Crippen LogP contribution in [0.2, 0.25) is 5.02 Å². The molecule has 2 rings (SSSR count). The van der Waals surface area contributed by atoms with Crippen LogP contribution in [-0.2, 0) is 16.6 Å². The fraction of sp³-hybridized carbons (Fsp3) is 0.286. The van der Waals surface area contributed by atoms with Crippen LogP contribution < -0.4 is 5.32 Å². The molecule has 1 heterocycles. The predicted octanol–water partition coefficient (Wildman–Crippen LogP) is 3.55. The molecule has 5 nitrogen and oxygen atoms in total. The standard InChI is InChI=1S/C14H15BrClN3O2/c1-3-21-14(20)13(9-7-17-19(2)8-9)18-10-4-5-12(16)11(15)6-10/h4-8,13,18H,3H2,1-2H3. The quantitative estimate of drug-likeness (QED) is 0.816. The molecule has 7 heteroatoms. The van der Waals surface area contributed by atoms with E-state index in [1.165, 1.54) is 0 Å². The minimum atomic E-state index is -0.619. The molecular weight excluding hydrogens is 358 g/mol. The first-order chi connectivity index (χ1) is 10.0. The first-order valence-electron chi connectivity index (χ1n) is 6.38. The van der Waals surface area contributed by atoms with E-state index in [1.807, 2.05) is 6.07 Å². The second-order valence-corrected chi connectivity index (χ2v) is 5.67. The fourth-order valence-electron chi connectivity index (χ4n) is 1.85. The Kier molecular flexibility index (Phi) is 5.25. The van der Waals surface area contributed by atoms with Crippen molar-refractivity contribution in [3.05, 3.63) is 45.7 Å². The van der Waals surface area contributed by atoms with Crippen LogP contribution in [0, 0.1) is 0 Å². The van der Waals surface area contributed by atoms with Gasteiger partial charge in [-0.15, -0.1) is 0 Å². The molecule has 0 spiro atoms. The average molecular weight is 373 g/mol. The largest absolute Gasteiger partial charge is 0.464 e. The molecule has 1 aromatic carbocycles. The van der Waals surface area contributed by atoms with Crippen LogP contribution >= 0.6 is 27.5 Å². The van der Waals surface area contributed by atoms with Crippen LogP contribution in [0.3, 0.4) is 0 Å². The van der Waals surface area contributed by atoms with Crippen molar-refractivity contribution >= 4 is 39.2 Å². The van der Waals surface area contributed by atoms with Gasteiger partial charge in [0.2, 0.25) is 0 Å². The topological polar surface area (TPSA) is 56.1 Å². The molecule has 21 heavy (non-hydrogen) atoms. The Hall–Kier alpha value is -1.53. The van der Waals surface area contributed by atoms with Gasteiger partial charge >= 0.3 is 5.97 Å². The highest BCUT2D eigenvalue weighted by molar-refractivity contribution is 9.10. The molecule has 0 bridgehead atoms. The number of anilines is 1. The Morgan fingerprint density at radius 1 is 1.57 bits per heavy atom. The third-order valence-corrected chi connectivity index (χ3v) is 4.03. The van der Waals surface area contributed by atoms with Crippen molar-refractivity contribution in [3.8, 4) is 0 Å². The first kappa shape index (κ1) is 15.9. The van der Waals surface area contributed by atoms with Gasteiger partial charge in [0.1, 0.15) is 0 Å². The summed E-state index contributed by atoms with van der Waals surface area (Å²) in [4.78, 5) is 12.1. The predicted molar refractivity (Wildman–Crippen MR) is 85.4 cm³/mol. The molecule has 1 atom stereocenters. The lowest BCUT2D eigenvalue weighted by atomic mass is 10.1. The van der Waals surface area contributed by atoms with Crippen LogP contribution in [0.15, 0.2) is 35.1 Å². The monoisotopic (exact) mass is 371 g/mol. The summed E-state index contributed by atoms with van der Waals surface area (Å²) in [5, 5.41) is 7.84. The van der Waals surface area contributed by atoms with Gasteiger partial charge in [-0.3, -0.25) is 4.68 Å². The number of esters is 1. The molecule has 0 amide bonds. The van der Waals surface area contributed by atoms with Crippen molar-refractivity contribution in [3.63, 3.8) is 0 Å². The molecule has 0 saturated carbocycles. The molecule has 0 aliphatic heterocycles. The summed E-state index contributed by atoms with van der Waals surface area (Å²) >= 11 is 9.33. The first-order valence-corrected chi connectivity index (χ1v) is 7.55. The summed E-state index contributed by atoms with van der Waals surface area (Å²) < 4.78 is 7.51. The van der Waals surface area contributed by atoms with Crippen molar-refractivity contribution in [2.45, 2.75) is 13.0 Å². The van der Waals surface area contributed by atoms with Crippen LogP contribution in [0.5, 0.6) is 0 Å². The van der Waals surface area contributed by atoms with E-state index >= 15 is 0 Å². The lowest BCUT2D eigenvalue weighted by molar-refractivity contribution is -0.144. The van der Waals surface area contributed by atoms with Crippen molar-refractivity contribution in [1.29, 1.82) is 0 Å². The SMILES string of the molecule is CCOC(=O)C(Nc1ccc(Cl)c(Br)c1)c1cnn(C)c1. The summed E-state index contributed by atoms with van der Waals surface area (Å²) in [5.41, 5.74) is 1.50. The normalized spacial score (nSPS) is 12.0. The summed E-state index contributed by atoms with van der Waals surface area (Å²) in [6.07, 6.45) is 3.42. The Morgan fingerprint density at radius 3 is 2.90 bits per heavy atom. The number of nitrogens with one attached hydrogen (secondary N) is 1. The number of ether oxygens (including phenoxy) is 1. The number of carbonyl (C=O) groups is 1. The minimum absolute atomic E-state index is 0.321. The molecule has 0 radical (unpaired) electrons. The zero-order valence-corrected chi connectivity index (χ0v) is 14.0. The number of hydrogen-bond donors (Lipinski definition) is 1. The molecule has 1 aromatic heterocycles. The number of halogens is 2. The Morgan fingerprint density at radius 2 is 2.33 bits per heavy atom. The Labute approximate surface area is 136 Å². The summed E-state index contributed by atoms with van der Waals surface area (Å²) in [5.74, 6) is -0.350. The minimum Gasteiger partial charge on any atom is -0.464 e. The van der Waals surface area contributed by atoms with Gasteiger partial charge in [-0.1, -0.05) is 11.6 Å². The molecule has 2 aromatic rings. The number of rotatable bonds is 5. The Balaban J connectivity index is 2.27. The van der Waals surface area contributed by atoms with E-state index in [2.05, 4.69) is 26.3 Å². The lowest BCUT2D eigenvalue weighted by Crippen LogP contribution is -2.23. The van der Waals surface area contributed by atoms with Crippen LogP contribution in [0.25, 0.3) is 0 Å². The number of hydrogen-bond acceptors (Lipinski definition) is 4. The number of nitrogens with zero attached hydrogens (tertiary/aromatic N) is 2. The lowest BCUT2D eigenvalue weighted by Gasteiger charge is -2.17. The van der Waals surface area contributed by atoms with Crippen molar-refractivity contribution in [2.24, 2.45) is 7.05 Å². The number of aryl methyl sites for hydroxylation is 1. The summed E-state index contributed by atoms with van der Waals surface area (Å²) in [6.45, 7) is 2.10. The van der Waals surface area contributed by atoms with Crippen molar-refractivity contribution in [2.75, 3.05) is 11.9 Å². The van der Waals surface area contributed by atoms with Gasteiger partial charge in [-0.2, -0.15) is 5.10 Å². The van der Waals surface area contributed by atoms with Gasteiger partial charge in [0.15, 0.2) is 6.04 Å². The second-order valence-electron chi connectivity index (χ2n) is 4.41. The maximum atomic E-state index is 12.1. The van der Waals surface area contributed by atoms with Gasteiger partial charge < -0.3 is 10.1 Å². The number of carbonyl (C=O) groups excluding carboxylic acids is 1. The Bertz CT molecular complexity index is 645. The van der Waals surface area contributed by atoms with Crippen molar-refractivity contribution < 1.29 is 9.53 Å². The van der Waals surface area contributed by atoms with E-state index < -0.39 is 6.04 Å². The number of aromatic nitrogens is 2. The highest BCUT2D eigenvalue weighted by atomic mass is 79.9. The zero-order chi connectivity index (χ0) is 15.4. The number of benzene rings is 1. The molecular formula is C14H15BrClN3O2. The van der Waals surface area contributed by atoms with Crippen molar-refractivity contribution in [1.82, 2.24) is 9.78 Å². The van der Waals surface area contributed by atoms with E-state index in [1.54, 1.807) is 43.2 Å². The van der Waals surface area contributed by atoms with E-state index in [-0.39, 0.29) is 5.97 Å². The third-order valence-electron chi connectivity index (χ3n) is 2.81. The molecule has 1 N–H and O–H groups in total. The molecule has 0 aliphatic carbocycles. The average Bonchev–Trinajstić information content (AvgIpc) is 2.86.